The average molecular weight is 407 g/mol. The van der Waals surface area contributed by atoms with Crippen molar-refractivity contribution < 1.29 is 19.7 Å². The molecule has 0 bridgehead atoms. The van der Waals surface area contributed by atoms with E-state index in [0.717, 1.165) is 0 Å². The Balaban J connectivity index is 1.76. The highest BCUT2D eigenvalue weighted by atomic mass is 16.6. The Kier molecular flexibility index (Phi) is 5.73. The van der Waals surface area contributed by atoms with E-state index >= 15 is 0 Å². The normalized spacial score (nSPS) is 10.7. The van der Waals surface area contributed by atoms with Gasteiger partial charge in [-0.05, 0) is 42.5 Å². The van der Waals surface area contributed by atoms with Crippen molar-refractivity contribution in [3.8, 4) is 5.75 Å². The number of amides is 1. The van der Waals surface area contributed by atoms with Crippen LogP contribution in [0.1, 0.15) is 10.4 Å². The molecule has 3 aromatic carbocycles. The number of nitro groups is 2. The number of nitrogens with zero attached hydrogens (tertiary/aromatic N) is 4. The maximum Gasteiger partial charge on any atom is 0.269 e. The van der Waals surface area contributed by atoms with Gasteiger partial charge in [0.05, 0.1) is 15.5 Å². The fourth-order valence-corrected chi connectivity index (χ4v) is 2.37. The number of nitro benzene ring substituents is 2. The second-order valence-electron chi connectivity index (χ2n) is 5.94. The van der Waals surface area contributed by atoms with E-state index in [4.69, 9.17) is 0 Å². The van der Waals surface area contributed by atoms with Crippen molar-refractivity contribution in [2.45, 2.75) is 0 Å². The molecule has 0 atom stereocenters. The first-order chi connectivity index (χ1) is 14.3. The average Bonchev–Trinajstić information content (AvgIpc) is 2.73. The SMILES string of the molecule is O=C(Nc1ccc([N+](=O)[O-])cc1)c1ccc(O)c(N=Nc2ccc([N+](=O)[O-])cc2)c1. The minimum atomic E-state index is -0.548. The lowest BCUT2D eigenvalue weighted by molar-refractivity contribution is -0.385. The van der Waals surface area contributed by atoms with Crippen LogP contribution in [0.15, 0.2) is 77.0 Å². The third kappa shape index (κ3) is 4.78. The Bertz CT molecular complexity index is 1140. The highest BCUT2D eigenvalue weighted by molar-refractivity contribution is 6.05. The standard InChI is InChI=1S/C19H13N5O6/c25-18-10-1-12(19(26)20-13-2-6-15(7-3-13)23(27)28)11-17(18)22-21-14-4-8-16(9-5-14)24(29)30/h1-11,25H,(H,20,26). The lowest BCUT2D eigenvalue weighted by atomic mass is 10.1. The van der Waals surface area contributed by atoms with E-state index in [2.05, 4.69) is 15.5 Å². The number of nitrogens with one attached hydrogen (secondary N) is 1. The van der Waals surface area contributed by atoms with Gasteiger partial charge in [-0.3, -0.25) is 25.0 Å². The number of aromatic hydroxyl groups is 1. The summed E-state index contributed by atoms with van der Waals surface area (Å²) >= 11 is 0. The molecule has 0 aliphatic rings. The first-order valence-corrected chi connectivity index (χ1v) is 8.38. The molecule has 11 heteroatoms. The predicted octanol–water partition coefficient (Wildman–Crippen LogP) is 4.88. The van der Waals surface area contributed by atoms with Gasteiger partial charge in [-0.2, -0.15) is 5.11 Å². The Morgan fingerprint density at radius 1 is 0.833 bits per heavy atom. The molecule has 0 saturated carbocycles. The molecular formula is C19H13N5O6. The van der Waals surface area contributed by atoms with Crippen LogP contribution < -0.4 is 5.32 Å². The highest BCUT2D eigenvalue weighted by Gasteiger charge is 2.11. The van der Waals surface area contributed by atoms with Gasteiger partial charge in [0.25, 0.3) is 17.3 Å². The lowest BCUT2D eigenvalue weighted by Gasteiger charge is -2.06. The zero-order chi connectivity index (χ0) is 21.7. The Morgan fingerprint density at radius 2 is 1.40 bits per heavy atom. The number of carbonyl (C=O) groups is 1. The van der Waals surface area contributed by atoms with Crippen molar-refractivity contribution in [2.75, 3.05) is 5.32 Å². The van der Waals surface area contributed by atoms with Crippen LogP contribution >= 0.6 is 0 Å². The summed E-state index contributed by atoms with van der Waals surface area (Å²) in [6.45, 7) is 0. The number of hydrogen-bond donors (Lipinski definition) is 2. The number of phenols is 1. The van der Waals surface area contributed by atoms with Gasteiger partial charge in [0, 0.05) is 35.5 Å². The quantitative estimate of drug-likeness (QED) is 0.336. The van der Waals surface area contributed by atoms with Crippen LogP contribution in [-0.4, -0.2) is 20.9 Å². The van der Waals surface area contributed by atoms with Gasteiger partial charge in [0.2, 0.25) is 0 Å². The van der Waals surface area contributed by atoms with Crippen LogP contribution in [0.3, 0.4) is 0 Å². The third-order valence-electron chi connectivity index (χ3n) is 3.91. The molecule has 0 radical (unpaired) electrons. The van der Waals surface area contributed by atoms with Crippen LogP contribution in [0.2, 0.25) is 0 Å². The molecule has 0 aliphatic carbocycles. The van der Waals surface area contributed by atoms with Gasteiger partial charge in [-0.15, -0.1) is 5.11 Å². The fraction of sp³-hybridized carbons (Fsp3) is 0. The minimum Gasteiger partial charge on any atom is -0.506 e. The summed E-state index contributed by atoms with van der Waals surface area (Å²) in [6.07, 6.45) is 0. The van der Waals surface area contributed by atoms with Crippen LogP contribution in [0, 0.1) is 20.2 Å². The van der Waals surface area contributed by atoms with E-state index < -0.39 is 15.8 Å². The van der Waals surface area contributed by atoms with Crippen molar-refractivity contribution in [3.63, 3.8) is 0 Å². The van der Waals surface area contributed by atoms with Gasteiger partial charge < -0.3 is 10.4 Å². The monoisotopic (exact) mass is 407 g/mol. The van der Waals surface area contributed by atoms with E-state index in [-0.39, 0.29) is 28.4 Å². The summed E-state index contributed by atoms with van der Waals surface area (Å²) in [5.41, 5.74) is 0.662. The number of azo groups is 1. The van der Waals surface area contributed by atoms with Crippen molar-refractivity contribution in [1.29, 1.82) is 0 Å². The van der Waals surface area contributed by atoms with E-state index in [1.54, 1.807) is 0 Å². The smallest absolute Gasteiger partial charge is 0.269 e. The zero-order valence-electron chi connectivity index (χ0n) is 15.1. The number of phenolic OH excluding ortho intramolecular Hbond substituents is 1. The Hall–Kier alpha value is -4.67. The van der Waals surface area contributed by atoms with Gasteiger partial charge in [0.15, 0.2) is 0 Å². The predicted molar refractivity (Wildman–Crippen MR) is 106 cm³/mol. The zero-order valence-corrected chi connectivity index (χ0v) is 15.1. The number of rotatable bonds is 6. The summed E-state index contributed by atoms with van der Waals surface area (Å²) in [7, 11) is 0. The number of hydrogen-bond acceptors (Lipinski definition) is 8. The summed E-state index contributed by atoms with van der Waals surface area (Å²) in [5.74, 6) is -0.733. The van der Waals surface area contributed by atoms with E-state index in [1.165, 1.54) is 66.7 Å². The van der Waals surface area contributed by atoms with Crippen LogP contribution in [0.5, 0.6) is 5.75 Å². The van der Waals surface area contributed by atoms with Crippen molar-refractivity contribution in [2.24, 2.45) is 10.2 Å². The molecule has 150 valence electrons. The Morgan fingerprint density at radius 3 is 1.97 bits per heavy atom. The summed E-state index contributed by atoms with van der Waals surface area (Å²) < 4.78 is 0. The van der Waals surface area contributed by atoms with Gasteiger partial charge in [-0.1, -0.05) is 0 Å². The molecular weight excluding hydrogens is 394 g/mol. The molecule has 30 heavy (non-hydrogen) atoms. The molecule has 2 N–H and O–H groups in total. The summed E-state index contributed by atoms with van der Waals surface area (Å²) in [4.78, 5) is 32.7. The second-order valence-corrected chi connectivity index (χ2v) is 5.94. The molecule has 0 unspecified atom stereocenters. The summed E-state index contributed by atoms with van der Waals surface area (Å²) in [6, 6.07) is 14.6. The van der Waals surface area contributed by atoms with Crippen LogP contribution in [0.4, 0.5) is 28.4 Å². The van der Waals surface area contributed by atoms with Crippen LogP contribution in [-0.2, 0) is 0 Å². The van der Waals surface area contributed by atoms with E-state index in [9.17, 15) is 30.1 Å². The molecule has 0 aliphatic heterocycles. The molecule has 1 amide bonds. The third-order valence-corrected chi connectivity index (χ3v) is 3.91. The second kappa shape index (κ2) is 8.56. The van der Waals surface area contributed by atoms with Crippen molar-refractivity contribution in [3.05, 3.63) is 92.5 Å². The molecule has 0 saturated heterocycles. The first-order valence-electron chi connectivity index (χ1n) is 8.38. The molecule has 0 spiro atoms. The van der Waals surface area contributed by atoms with Crippen LogP contribution in [0.25, 0.3) is 0 Å². The molecule has 0 aromatic heterocycles. The van der Waals surface area contributed by atoms with Gasteiger partial charge in [0.1, 0.15) is 11.4 Å². The molecule has 3 aromatic rings. The number of non-ortho nitro benzene ring substituents is 2. The number of benzene rings is 3. The topological polar surface area (TPSA) is 160 Å². The van der Waals surface area contributed by atoms with Gasteiger partial charge >= 0.3 is 0 Å². The minimum absolute atomic E-state index is 0.0182. The van der Waals surface area contributed by atoms with Gasteiger partial charge in [-0.25, -0.2) is 0 Å². The Labute approximate surface area is 168 Å². The first kappa shape index (κ1) is 20.1. The largest absolute Gasteiger partial charge is 0.506 e. The highest BCUT2D eigenvalue weighted by Crippen LogP contribution is 2.30. The lowest BCUT2D eigenvalue weighted by Crippen LogP contribution is -2.11. The molecule has 11 nitrogen and oxygen atoms in total. The fourth-order valence-electron chi connectivity index (χ4n) is 2.37. The summed E-state index contributed by atoms with van der Waals surface area (Å²) in [5, 5.41) is 41.7. The molecule has 3 rings (SSSR count). The number of anilines is 1. The molecule has 0 heterocycles. The molecule has 0 fully saturated rings. The van der Waals surface area contributed by atoms with Crippen molar-refractivity contribution >= 4 is 34.3 Å². The maximum absolute atomic E-state index is 12.4. The van der Waals surface area contributed by atoms with Crippen molar-refractivity contribution in [1.82, 2.24) is 0 Å². The van der Waals surface area contributed by atoms with E-state index in [1.807, 2.05) is 0 Å². The van der Waals surface area contributed by atoms with E-state index in [0.29, 0.717) is 11.4 Å². The number of carbonyl (C=O) groups excluding carboxylic acids is 1. The maximum atomic E-state index is 12.4.